The van der Waals surface area contributed by atoms with Gasteiger partial charge in [0.25, 0.3) is 0 Å². The van der Waals surface area contributed by atoms with Crippen molar-refractivity contribution in [3.05, 3.63) is 23.0 Å². The maximum Gasteiger partial charge on any atom is 0.235 e. The minimum Gasteiger partial charge on any atom is -0.325 e. The Balaban J connectivity index is 2.20. The van der Waals surface area contributed by atoms with Crippen LogP contribution in [-0.2, 0) is 10.2 Å². The Morgan fingerprint density at radius 3 is 3.07 bits per heavy atom. The summed E-state index contributed by atoms with van der Waals surface area (Å²) in [6, 6.07) is 1.72. The maximum atomic E-state index is 11.8. The molecule has 1 amide bonds. The topological polar surface area (TPSA) is 42.0 Å². The van der Waals surface area contributed by atoms with Crippen LogP contribution < -0.4 is 5.32 Å². The first kappa shape index (κ1) is 8.24. The summed E-state index contributed by atoms with van der Waals surface area (Å²) in [4.78, 5) is 15.8. The van der Waals surface area contributed by atoms with Crippen molar-refractivity contribution < 1.29 is 4.79 Å². The van der Waals surface area contributed by atoms with E-state index in [0.717, 1.165) is 17.7 Å². The molecule has 1 fully saturated rings. The Morgan fingerprint density at radius 1 is 1.71 bits per heavy atom. The molecule has 0 bridgehead atoms. The average molecular weight is 209 g/mol. The van der Waals surface area contributed by atoms with E-state index in [2.05, 4.69) is 17.2 Å². The van der Waals surface area contributed by atoms with Crippen molar-refractivity contribution >= 4 is 23.2 Å². The van der Waals surface area contributed by atoms with Crippen LogP contribution in [0.4, 0.5) is 5.69 Å². The van der Waals surface area contributed by atoms with Gasteiger partial charge in [-0.3, -0.25) is 4.79 Å². The van der Waals surface area contributed by atoms with Crippen LogP contribution in [-0.4, -0.2) is 10.9 Å². The number of carbonyl (C=O) groups is 1. The Morgan fingerprint density at radius 2 is 2.43 bits per heavy atom. The predicted molar refractivity (Wildman–Crippen MR) is 53.3 cm³/mol. The van der Waals surface area contributed by atoms with Crippen molar-refractivity contribution in [1.82, 2.24) is 4.98 Å². The third-order valence-corrected chi connectivity index (χ3v) is 3.52. The summed E-state index contributed by atoms with van der Waals surface area (Å²) >= 11 is 5.76. The van der Waals surface area contributed by atoms with Gasteiger partial charge in [-0.2, -0.15) is 0 Å². The SMILES string of the molecule is CC1CC12C(=O)Nc1cc(Cl)ncc12. The summed E-state index contributed by atoms with van der Waals surface area (Å²) in [6.45, 7) is 2.09. The molecule has 3 rings (SSSR count). The smallest absolute Gasteiger partial charge is 0.235 e. The van der Waals surface area contributed by atoms with Crippen LogP contribution in [0.1, 0.15) is 18.9 Å². The summed E-state index contributed by atoms with van der Waals surface area (Å²) in [5.74, 6) is 0.524. The number of fused-ring (bicyclic) bond motifs is 2. The van der Waals surface area contributed by atoms with Crippen LogP contribution in [0.5, 0.6) is 0 Å². The first-order chi connectivity index (χ1) is 6.64. The predicted octanol–water partition coefficient (Wildman–Crippen LogP) is 1.96. The zero-order valence-electron chi connectivity index (χ0n) is 7.67. The first-order valence-corrected chi connectivity index (χ1v) is 5.00. The quantitative estimate of drug-likeness (QED) is 0.663. The lowest BCUT2D eigenvalue weighted by molar-refractivity contribution is -0.118. The molecule has 72 valence electrons. The second-order valence-corrected chi connectivity index (χ2v) is 4.47. The fourth-order valence-corrected chi connectivity index (χ4v) is 2.52. The zero-order chi connectivity index (χ0) is 9.92. The van der Waals surface area contributed by atoms with Gasteiger partial charge >= 0.3 is 0 Å². The molecule has 1 saturated carbocycles. The van der Waals surface area contributed by atoms with E-state index < -0.39 is 0 Å². The fraction of sp³-hybridized carbons (Fsp3) is 0.400. The molecule has 0 radical (unpaired) electrons. The molecule has 0 saturated heterocycles. The van der Waals surface area contributed by atoms with Crippen molar-refractivity contribution in [1.29, 1.82) is 0 Å². The first-order valence-electron chi connectivity index (χ1n) is 4.62. The van der Waals surface area contributed by atoms with Gasteiger partial charge in [-0.05, 0) is 18.4 Å². The molecule has 0 aromatic carbocycles. The molecule has 1 aliphatic heterocycles. The van der Waals surface area contributed by atoms with Gasteiger partial charge in [0, 0.05) is 17.4 Å². The summed E-state index contributed by atoms with van der Waals surface area (Å²) in [7, 11) is 0. The van der Waals surface area contributed by atoms with Crippen LogP contribution in [0, 0.1) is 5.92 Å². The van der Waals surface area contributed by atoms with Crippen LogP contribution in [0.2, 0.25) is 5.15 Å². The molecule has 2 aliphatic rings. The van der Waals surface area contributed by atoms with Crippen molar-refractivity contribution in [3.8, 4) is 0 Å². The highest BCUT2D eigenvalue weighted by atomic mass is 35.5. The molecule has 14 heavy (non-hydrogen) atoms. The van der Waals surface area contributed by atoms with Gasteiger partial charge in [-0.1, -0.05) is 18.5 Å². The molecule has 2 unspecified atom stereocenters. The molecule has 1 aromatic rings. The lowest BCUT2D eigenvalue weighted by Gasteiger charge is -2.04. The Kier molecular flexibility index (Phi) is 1.34. The van der Waals surface area contributed by atoms with Gasteiger partial charge in [-0.15, -0.1) is 0 Å². The number of aromatic nitrogens is 1. The molecule has 2 atom stereocenters. The third-order valence-electron chi connectivity index (χ3n) is 3.31. The number of pyridine rings is 1. The minimum absolute atomic E-state index is 0.101. The Hall–Kier alpha value is -1.09. The monoisotopic (exact) mass is 208 g/mol. The van der Waals surface area contributed by atoms with E-state index in [1.54, 1.807) is 12.3 Å². The summed E-state index contributed by atoms with van der Waals surface area (Å²) in [6.07, 6.45) is 2.65. The minimum atomic E-state index is -0.285. The number of rotatable bonds is 0. The molecular formula is C10H9ClN2O. The highest BCUT2D eigenvalue weighted by Crippen LogP contribution is 2.59. The number of hydrogen-bond acceptors (Lipinski definition) is 2. The number of anilines is 1. The molecule has 2 heterocycles. The zero-order valence-corrected chi connectivity index (χ0v) is 8.43. The molecular weight excluding hydrogens is 200 g/mol. The fourth-order valence-electron chi connectivity index (χ4n) is 2.36. The molecule has 1 aliphatic carbocycles. The summed E-state index contributed by atoms with van der Waals surface area (Å²) in [5.41, 5.74) is 1.56. The van der Waals surface area contributed by atoms with Gasteiger partial charge in [0.05, 0.1) is 5.41 Å². The molecule has 4 heteroatoms. The van der Waals surface area contributed by atoms with E-state index in [4.69, 9.17) is 11.6 Å². The van der Waals surface area contributed by atoms with Crippen molar-refractivity contribution in [3.63, 3.8) is 0 Å². The van der Waals surface area contributed by atoms with Gasteiger partial charge in [-0.25, -0.2) is 4.98 Å². The number of halogens is 1. The lowest BCUT2D eigenvalue weighted by atomic mass is 9.97. The summed E-state index contributed by atoms with van der Waals surface area (Å²) < 4.78 is 0. The molecule has 1 N–H and O–H groups in total. The van der Waals surface area contributed by atoms with Gasteiger partial charge in [0.15, 0.2) is 0 Å². The van der Waals surface area contributed by atoms with Crippen molar-refractivity contribution in [2.75, 3.05) is 5.32 Å². The molecule has 3 nitrogen and oxygen atoms in total. The standard InChI is InChI=1S/C10H9ClN2O/c1-5-3-10(5)6-4-12-8(11)2-7(6)13-9(10)14/h2,4-5H,3H2,1H3,(H,13,14). The normalized spacial score (nSPS) is 33.0. The highest BCUT2D eigenvalue weighted by molar-refractivity contribution is 6.30. The van der Waals surface area contributed by atoms with Crippen molar-refractivity contribution in [2.24, 2.45) is 5.92 Å². The van der Waals surface area contributed by atoms with Crippen LogP contribution >= 0.6 is 11.6 Å². The van der Waals surface area contributed by atoms with E-state index in [-0.39, 0.29) is 11.3 Å². The van der Waals surface area contributed by atoms with Gasteiger partial charge in [0.1, 0.15) is 5.15 Å². The third kappa shape index (κ3) is 0.786. The number of carbonyl (C=O) groups excluding carboxylic acids is 1. The largest absolute Gasteiger partial charge is 0.325 e. The van der Waals surface area contributed by atoms with E-state index in [1.807, 2.05) is 0 Å². The van der Waals surface area contributed by atoms with Crippen LogP contribution in [0.3, 0.4) is 0 Å². The average Bonchev–Trinajstić information content (AvgIpc) is 2.70. The van der Waals surface area contributed by atoms with Crippen molar-refractivity contribution in [2.45, 2.75) is 18.8 Å². The van der Waals surface area contributed by atoms with Gasteiger partial charge in [0.2, 0.25) is 5.91 Å². The maximum absolute atomic E-state index is 11.8. The number of nitrogens with zero attached hydrogens (tertiary/aromatic N) is 1. The van der Waals surface area contributed by atoms with Crippen LogP contribution in [0.25, 0.3) is 0 Å². The Labute approximate surface area is 86.5 Å². The highest BCUT2D eigenvalue weighted by Gasteiger charge is 2.62. The Bertz CT molecular complexity index is 446. The second kappa shape index (κ2) is 2.28. The molecule has 1 spiro atoms. The van der Waals surface area contributed by atoms with E-state index in [1.165, 1.54) is 0 Å². The van der Waals surface area contributed by atoms with E-state index >= 15 is 0 Å². The second-order valence-electron chi connectivity index (χ2n) is 4.08. The van der Waals surface area contributed by atoms with Crippen LogP contribution in [0.15, 0.2) is 12.3 Å². The lowest BCUT2D eigenvalue weighted by Crippen LogP contribution is -2.20. The summed E-state index contributed by atoms with van der Waals surface area (Å²) in [5, 5.41) is 3.28. The van der Waals surface area contributed by atoms with E-state index in [9.17, 15) is 4.79 Å². The number of hydrogen-bond donors (Lipinski definition) is 1. The van der Waals surface area contributed by atoms with E-state index in [0.29, 0.717) is 11.1 Å². The molecule has 1 aromatic heterocycles. The van der Waals surface area contributed by atoms with Gasteiger partial charge < -0.3 is 5.32 Å². The number of nitrogens with one attached hydrogen (secondary N) is 1. The number of amides is 1.